The Balaban J connectivity index is 1.97. The average molecular weight is 379 g/mol. The van der Waals surface area contributed by atoms with Gasteiger partial charge in [0.05, 0.1) is 30.2 Å². The fourth-order valence-corrected chi connectivity index (χ4v) is 3.39. The Morgan fingerprint density at radius 2 is 2.07 bits per heavy atom. The smallest absolute Gasteiger partial charge is 0.306 e. The van der Waals surface area contributed by atoms with Crippen molar-refractivity contribution in [2.75, 3.05) is 24.3 Å². The van der Waals surface area contributed by atoms with Gasteiger partial charge >= 0.3 is 5.97 Å². The maximum atomic E-state index is 12.8. The molecule has 0 saturated carbocycles. The lowest BCUT2D eigenvalue weighted by Crippen LogP contribution is -2.40. The zero-order valence-corrected chi connectivity index (χ0v) is 15.8. The third kappa shape index (κ3) is 3.76. The van der Waals surface area contributed by atoms with E-state index in [4.69, 9.17) is 15.2 Å². The Hall–Kier alpha value is -3.53. The molecular weight excluding hydrogens is 358 g/mol. The van der Waals surface area contributed by atoms with Crippen LogP contribution in [0.25, 0.3) is 0 Å². The molecule has 0 saturated heterocycles. The number of carbonyl (C=O) groups excluding carboxylic acids is 2. The van der Waals surface area contributed by atoms with Crippen molar-refractivity contribution in [2.24, 2.45) is 5.92 Å². The Morgan fingerprint density at radius 3 is 2.79 bits per heavy atom. The molecule has 0 fully saturated rings. The lowest BCUT2D eigenvalue weighted by Gasteiger charge is -2.32. The maximum Gasteiger partial charge on any atom is 0.306 e. The topological polar surface area (TPSA) is 106 Å². The Morgan fingerprint density at radius 1 is 1.32 bits per heavy atom. The number of fused-ring (bicyclic) bond motifs is 1. The van der Waals surface area contributed by atoms with Gasteiger partial charge in [0, 0.05) is 18.8 Å². The molecule has 0 aliphatic carbocycles. The van der Waals surface area contributed by atoms with Gasteiger partial charge in [-0.2, -0.15) is 5.26 Å². The van der Waals surface area contributed by atoms with E-state index in [1.165, 1.54) is 4.90 Å². The van der Waals surface area contributed by atoms with Crippen LogP contribution in [-0.2, 0) is 20.7 Å². The van der Waals surface area contributed by atoms with E-state index in [-0.39, 0.29) is 18.9 Å². The molecule has 1 heterocycles. The highest BCUT2D eigenvalue weighted by molar-refractivity contribution is 6.01. The van der Waals surface area contributed by atoms with Gasteiger partial charge in [-0.15, -0.1) is 0 Å². The summed E-state index contributed by atoms with van der Waals surface area (Å²) in [6, 6.07) is 12.3. The van der Waals surface area contributed by atoms with Crippen LogP contribution in [0.4, 0.5) is 11.4 Å². The number of carbonyl (C=O) groups is 2. The summed E-state index contributed by atoms with van der Waals surface area (Å²) in [6.45, 7) is 2.00. The third-order valence-corrected chi connectivity index (χ3v) is 4.60. The van der Waals surface area contributed by atoms with E-state index >= 15 is 0 Å². The summed E-state index contributed by atoms with van der Waals surface area (Å²) < 4.78 is 10.9. The number of amides is 1. The fourth-order valence-electron chi connectivity index (χ4n) is 3.39. The standard InChI is InChI=1S/C21H21N3O4/c1-3-27-19(25)10-15-8-14-9-16(23)11-18(20(14)24(2)21(15)26)28-17-7-5-4-6-13(17)12-22/h4-7,9,11,15H,3,8,10,23H2,1-2H3. The van der Waals surface area contributed by atoms with Gasteiger partial charge in [-0.05, 0) is 37.1 Å². The molecule has 0 radical (unpaired) electrons. The molecular formula is C21H21N3O4. The van der Waals surface area contributed by atoms with E-state index in [0.717, 1.165) is 5.56 Å². The minimum atomic E-state index is -0.516. The second-order valence-electron chi connectivity index (χ2n) is 6.54. The van der Waals surface area contributed by atoms with Crippen molar-refractivity contribution in [2.45, 2.75) is 19.8 Å². The first-order chi connectivity index (χ1) is 13.4. The number of benzene rings is 2. The average Bonchev–Trinajstić information content (AvgIpc) is 2.66. The minimum Gasteiger partial charge on any atom is -0.466 e. The molecule has 0 spiro atoms. The van der Waals surface area contributed by atoms with Crippen molar-refractivity contribution in [1.29, 1.82) is 5.26 Å². The number of hydrogen-bond acceptors (Lipinski definition) is 6. The second-order valence-corrected chi connectivity index (χ2v) is 6.54. The van der Waals surface area contributed by atoms with Gasteiger partial charge < -0.3 is 20.1 Å². The number of para-hydroxylation sites is 1. The van der Waals surface area contributed by atoms with Gasteiger partial charge in [0.2, 0.25) is 5.91 Å². The normalized spacial score (nSPS) is 15.5. The number of nitrogen functional groups attached to an aromatic ring is 1. The predicted octanol–water partition coefficient (Wildman–Crippen LogP) is 3.02. The van der Waals surface area contributed by atoms with E-state index < -0.39 is 11.9 Å². The molecule has 3 rings (SSSR count). The van der Waals surface area contributed by atoms with Crippen LogP contribution in [0.3, 0.4) is 0 Å². The Bertz CT molecular complexity index is 965. The van der Waals surface area contributed by atoms with Gasteiger partial charge in [0.15, 0.2) is 5.75 Å². The largest absolute Gasteiger partial charge is 0.466 e. The summed E-state index contributed by atoms with van der Waals surface area (Å²) in [5, 5.41) is 9.28. The van der Waals surface area contributed by atoms with Crippen LogP contribution in [0.1, 0.15) is 24.5 Å². The quantitative estimate of drug-likeness (QED) is 0.632. The van der Waals surface area contributed by atoms with Crippen LogP contribution >= 0.6 is 0 Å². The summed E-state index contributed by atoms with van der Waals surface area (Å²) in [7, 11) is 1.64. The molecule has 7 nitrogen and oxygen atoms in total. The van der Waals surface area contributed by atoms with E-state index in [1.807, 2.05) is 0 Å². The number of ether oxygens (including phenoxy) is 2. The molecule has 1 amide bonds. The van der Waals surface area contributed by atoms with E-state index in [1.54, 1.807) is 50.4 Å². The molecule has 1 atom stereocenters. The number of nitrogens with zero attached hydrogens (tertiary/aromatic N) is 2. The van der Waals surface area contributed by atoms with Gasteiger partial charge in [0.1, 0.15) is 11.8 Å². The highest BCUT2D eigenvalue weighted by atomic mass is 16.5. The molecule has 0 aromatic heterocycles. The molecule has 1 aliphatic heterocycles. The Labute approximate surface area is 163 Å². The zero-order chi connectivity index (χ0) is 20.3. The molecule has 28 heavy (non-hydrogen) atoms. The summed E-state index contributed by atoms with van der Waals surface area (Å²) in [5.74, 6) is -0.335. The van der Waals surface area contributed by atoms with E-state index in [9.17, 15) is 14.9 Å². The van der Waals surface area contributed by atoms with Crippen LogP contribution in [0.15, 0.2) is 36.4 Å². The highest BCUT2D eigenvalue weighted by Crippen LogP contribution is 2.42. The minimum absolute atomic E-state index is 0.0126. The summed E-state index contributed by atoms with van der Waals surface area (Å²) in [5.41, 5.74) is 8.29. The van der Waals surface area contributed by atoms with Gasteiger partial charge in [-0.25, -0.2) is 0 Å². The van der Waals surface area contributed by atoms with Gasteiger partial charge in [-0.1, -0.05) is 12.1 Å². The SMILES string of the molecule is CCOC(=O)CC1Cc2cc(N)cc(Oc3ccccc3C#N)c2N(C)C1=O. The van der Waals surface area contributed by atoms with Gasteiger partial charge in [-0.3, -0.25) is 9.59 Å². The molecule has 2 N–H and O–H groups in total. The van der Waals surface area contributed by atoms with Crippen LogP contribution in [0.5, 0.6) is 11.5 Å². The first-order valence-electron chi connectivity index (χ1n) is 8.97. The van der Waals surface area contributed by atoms with Crippen molar-refractivity contribution in [3.8, 4) is 17.6 Å². The molecule has 0 bridgehead atoms. The zero-order valence-electron chi connectivity index (χ0n) is 15.8. The monoisotopic (exact) mass is 379 g/mol. The number of esters is 1. The van der Waals surface area contributed by atoms with Crippen LogP contribution in [0, 0.1) is 17.2 Å². The first-order valence-corrected chi connectivity index (χ1v) is 8.97. The van der Waals surface area contributed by atoms with Crippen molar-refractivity contribution in [3.05, 3.63) is 47.5 Å². The number of nitriles is 1. The molecule has 1 unspecified atom stereocenters. The number of nitrogens with two attached hydrogens (primary N) is 1. The lowest BCUT2D eigenvalue weighted by atomic mass is 9.89. The van der Waals surface area contributed by atoms with Crippen molar-refractivity contribution < 1.29 is 19.1 Å². The van der Waals surface area contributed by atoms with E-state index in [2.05, 4.69) is 6.07 Å². The fraction of sp³-hybridized carbons (Fsp3) is 0.286. The van der Waals surface area contributed by atoms with Crippen molar-refractivity contribution >= 4 is 23.3 Å². The first kappa shape index (κ1) is 19.2. The van der Waals surface area contributed by atoms with Gasteiger partial charge in [0.25, 0.3) is 0 Å². The summed E-state index contributed by atoms with van der Waals surface area (Å²) in [4.78, 5) is 26.1. The molecule has 144 valence electrons. The third-order valence-electron chi connectivity index (χ3n) is 4.60. The lowest BCUT2D eigenvalue weighted by molar-refractivity contribution is -0.146. The van der Waals surface area contributed by atoms with E-state index in [0.29, 0.717) is 34.9 Å². The van der Waals surface area contributed by atoms with Crippen LogP contribution in [0.2, 0.25) is 0 Å². The molecule has 1 aliphatic rings. The number of rotatable bonds is 5. The summed E-state index contributed by atoms with van der Waals surface area (Å²) >= 11 is 0. The van der Waals surface area contributed by atoms with Crippen LogP contribution < -0.4 is 15.4 Å². The highest BCUT2D eigenvalue weighted by Gasteiger charge is 2.35. The van der Waals surface area contributed by atoms with Crippen molar-refractivity contribution in [1.82, 2.24) is 0 Å². The second kappa shape index (κ2) is 8.01. The Kier molecular flexibility index (Phi) is 5.50. The van der Waals surface area contributed by atoms with Crippen molar-refractivity contribution in [3.63, 3.8) is 0 Å². The molecule has 2 aromatic carbocycles. The molecule has 2 aromatic rings. The van der Waals surface area contributed by atoms with Crippen LogP contribution in [-0.4, -0.2) is 25.5 Å². The predicted molar refractivity (Wildman–Crippen MR) is 104 cm³/mol. The number of anilines is 2. The maximum absolute atomic E-state index is 12.8. The number of hydrogen-bond donors (Lipinski definition) is 1. The summed E-state index contributed by atoms with van der Waals surface area (Å²) in [6.07, 6.45) is 0.372. The molecule has 7 heteroatoms.